The van der Waals surface area contributed by atoms with Gasteiger partial charge in [-0.15, -0.1) is 0 Å². The van der Waals surface area contributed by atoms with E-state index < -0.39 is 0 Å². The molecule has 0 aliphatic carbocycles. The second-order valence-electron chi connectivity index (χ2n) is 4.29. The van der Waals surface area contributed by atoms with Gasteiger partial charge in [-0.05, 0) is 54.6 Å². The van der Waals surface area contributed by atoms with Crippen LogP contribution in [0.1, 0.15) is 25.8 Å². The maximum atomic E-state index is 4.37. The van der Waals surface area contributed by atoms with Gasteiger partial charge in [-0.2, -0.15) is 0 Å². The van der Waals surface area contributed by atoms with Gasteiger partial charge in [-0.25, -0.2) is 0 Å². The summed E-state index contributed by atoms with van der Waals surface area (Å²) < 4.78 is 3.27. The smallest absolute Gasteiger partial charge is 0.131 e. The Bertz CT molecular complexity index is 432. The second kappa shape index (κ2) is 5.92. The zero-order valence-corrected chi connectivity index (χ0v) is 11.2. The Morgan fingerprint density at radius 2 is 2.06 bits per heavy atom. The summed E-state index contributed by atoms with van der Waals surface area (Å²) in [6, 6.07) is 8.72. The van der Waals surface area contributed by atoms with E-state index in [0.717, 1.165) is 18.8 Å². The van der Waals surface area contributed by atoms with Gasteiger partial charge < -0.3 is 4.72 Å². The number of aliphatic imine (C=N–C) groups is 1. The molecule has 0 spiro atoms. The zero-order valence-electron chi connectivity index (χ0n) is 10.4. The largest absolute Gasteiger partial charge is 0.311 e. The molecule has 2 nitrogen and oxygen atoms in total. The minimum atomic E-state index is 0.832. The predicted octanol–water partition coefficient (Wildman–Crippen LogP) is 3.59. The Labute approximate surface area is 107 Å². The lowest BCUT2D eigenvalue weighted by atomic mass is 10.1. The lowest BCUT2D eigenvalue weighted by Crippen LogP contribution is -2.10. The van der Waals surface area contributed by atoms with E-state index in [4.69, 9.17) is 0 Å². The van der Waals surface area contributed by atoms with Crippen LogP contribution >= 0.6 is 11.9 Å². The number of rotatable bonds is 4. The normalized spacial score (nSPS) is 14.5. The Hall–Kier alpha value is -1.22. The molecule has 0 saturated heterocycles. The van der Waals surface area contributed by atoms with Gasteiger partial charge in [0.25, 0.3) is 0 Å². The molecule has 90 valence electrons. The van der Waals surface area contributed by atoms with Crippen LogP contribution in [-0.2, 0) is 6.42 Å². The zero-order chi connectivity index (χ0) is 12.1. The summed E-state index contributed by atoms with van der Waals surface area (Å²) in [5.41, 5.74) is 2.72. The average molecular weight is 246 g/mol. The first-order valence-electron chi connectivity index (χ1n) is 6.01. The van der Waals surface area contributed by atoms with Crippen LogP contribution in [0, 0.1) is 0 Å². The van der Waals surface area contributed by atoms with Crippen LogP contribution in [0.15, 0.2) is 45.8 Å². The molecule has 0 fully saturated rings. The molecule has 3 heteroatoms. The molecule has 1 N–H and O–H groups in total. The van der Waals surface area contributed by atoms with E-state index in [1.165, 1.54) is 22.5 Å². The molecular weight excluding hydrogens is 228 g/mol. The van der Waals surface area contributed by atoms with Crippen LogP contribution < -0.4 is 4.72 Å². The third kappa shape index (κ3) is 3.63. The molecular formula is C14H18N2S. The molecule has 1 aliphatic rings. The molecule has 0 radical (unpaired) electrons. The van der Waals surface area contributed by atoms with Gasteiger partial charge >= 0.3 is 0 Å². The molecule has 0 amide bonds. The van der Waals surface area contributed by atoms with Crippen molar-refractivity contribution in [3.8, 4) is 0 Å². The Balaban J connectivity index is 1.87. The molecule has 2 rings (SSSR count). The molecule has 0 saturated carbocycles. The summed E-state index contributed by atoms with van der Waals surface area (Å²) in [5.74, 6) is 0.977. The summed E-state index contributed by atoms with van der Waals surface area (Å²) in [4.78, 5) is 5.60. The molecule has 1 aromatic carbocycles. The first-order valence-corrected chi connectivity index (χ1v) is 6.83. The third-order valence-electron chi connectivity index (χ3n) is 2.62. The van der Waals surface area contributed by atoms with Gasteiger partial charge in [0.15, 0.2) is 0 Å². The highest BCUT2D eigenvalue weighted by Crippen LogP contribution is 2.17. The third-order valence-corrected chi connectivity index (χ3v) is 3.44. The molecule has 0 atom stereocenters. The van der Waals surface area contributed by atoms with Crippen molar-refractivity contribution in [3.63, 3.8) is 0 Å². The van der Waals surface area contributed by atoms with Crippen LogP contribution in [0.3, 0.4) is 0 Å². The van der Waals surface area contributed by atoms with E-state index >= 15 is 0 Å². The lowest BCUT2D eigenvalue weighted by molar-refractivity contribution is 0.920. The molecule has 0 aromatic heterocycles. The van der Waals surface area contributed by atoms with Crippen molar-refractivity contribution >= 4 is 17.8 Å². The predicted molar refractivity (Wildman–Crippen MR) is 75.5 cm³/mol. The minimum Gasteiger partial charge on any atom is -0.311 e. The first kappa shape index (κ1) is 12.2. The van der Waals surface area contributed by atoms with E-state index in [9.17, 15) is 0 Å². The van der Waals surface area contributed by atoms with Crippen LogP contribution in [-0.4, -0.2) is 12.4 Å². The van der Waals surface area contributed by atoms with Gasteiger partial charge in [0.1, 0.15) is 5.84 Å². The summed E-state index contributed by atoms with van der Waals surface area (Å²) in [7, 11) is 0. The molecule has 1 aromatic rings. The molecule has 0 unspecified atom stereocenters. The van der Waals surface area contributed by atoms with Gasteiger partial charge in [0.2, 0.25) is 0 Å². The first-order chi connectivity index (χ1) is 8.28. The number of hydrogen-bond donors (Lipinski definition) is 1. The van der Waals surface area contributed by atoms with Crippen LogP contribution in [0.25, 0.3) is 0 Å². The molecule has 17 heavy (non-hydrogen) atoms. The van der Waals surface area contributed by atoms with Gasteiger partial charge in [0, 0.05) is 4.90 Å². The van der Waals surface area contributed by atoms with Gasteiger partial charge in [-0.1, -0.05) is 25.5 Å². The Morgan fingerprint density at radius 3 is 2.65 bits per heavy atom. The van der Waals surface area contributed by atoms with E-state index in [-0.39, 0.29) is 0 Å². The van der Waals surface area contributed by atoms with Crippen molar-refractivity contribution in [3.05, 3.63) is 41.5 Å². The van der Waals surface area contributed by atoms with E-state index in [2.05, 4.69) is 53.9 Å². The van der Waals surface area contributed by atoms with Crippen LogP contribution in [0.5, 0.6) is 0 Å². The topological polar surface area (TPSA) is 24.4 Å². The number of amidine groups is 1. The number of hydrogen-bond acceptors (Lipinski definition) is 3. The van der Waals surface area contributed by atoms with Crippen molar-refractivity contribution in [1.29, 1.82) is 0 Å². The molecule has 1 aliphatic heterocycles. The second-order valence-corrected chi connectivity index (χ2v) is 5.17. The monoisotopic (exact) mass is 246 g/mol. The number of aryl methyl sites for hydroxylation is 1. The van der Waals surface area contributed by atoms with Gasteiger partial charge in [-0.3, -0.25) is 4.99 Å². The van der Waals surface area contributed by atoms with Crippen molar-refractivity contribution < 1.29 is 0 Å². The molecule has 1 heterocycles. The highest BCUT2D eigenvalue weighted by molar-refractivity contribution is 7.98. The quantitative estimate of drug-likeness (QED) is 0.821. The Morgan fingerprint density at radius 1 is 1.29 bits per heavy atom. The highest BCUT2D eigenvalue weighted by Gasteiger charge is 2.04. The van der Waals surface area contributed by atoms with Crippen molar-refractivity contribution in [2.24, 2.45) is 4.99 Å². The number of nitrogens with zero attached hydrogens (tertiary/aromatic N) is 1. The van der Waals surface area contributed by atoms with Gasteiger partial charge in [0.05, 0.1) is 6.54 Å². The maximum Gasteiger partial charge on any atom is 0.131 e. The van der Waals surface area contributed by atoms with E-state index in [0.29, 0.717) is 0 Å². The average Bonchev–Trinajstić information content (AvgIpc) is 2.75. The Kier molecular flexibility index (Phi) is 4.26. The fraction of sp³-hybridized carbons (Fsp3) is 0.357. The lowest BCUT2D eigenvalue weighted by Gasteiger charge is -2.04. The number of nitrogens with one attached hydrogen (secondary N) is 1. The van der Waals surface area contributed by atoms with E-state index in [1.807, 2.05) is 0 Å². The fourth-order valence-electron chi connectivity index (χ4n) is 1.72. The minimum absolute atomic E-state index is 0.832. The standard InChI is InChI=1S/C14H18N2S/c1-3-4-12-5-7-13(8-6-12)17-16-14-9-11(2)10-15-14/h5-9H,3-4,10H2,1-2H3,(H,15,16). The van der Waals surface area contributed by atoms with Crippen molar-refractivity contribution in [1.82, 2.24) is 4.72 Å². The highest BCUT2D eigenvalue weighted by atomic mass is 32.2. The SMILES string of the molecule is CCCc1ccc(SNC2=NCC(C)=C2)cc1. The summed E-state index contributed by atoms with van der Waals surface area (Å²) in [6.45, 7) is 5.14. The summed E-state index contributed by atoms with van der Waals surface area (Å²) >= 11 is 1.62. The van der Waals surface area contributed by atoms with Crippen molar-refractivity contribution in [2.75, 3.05) is 6.54 Å². The van der Waals surface area contributed by atoms with Crippen molar-refractivity contribution in [2.45, 2.75) is 31.6 Å². The summed E-state index contributed by atoms with van der Waals surface area (Å²) in [6.07, 6.45) is 4.46. The van der Waals surface area contributed by atoms with E-state index in [1.54, 1.807) is 11.9 Å². The number of benzene rings is 1. The molecule has 0 bridgehead atoms. The maximum absolute atomic E-state index is 4.37. The summed E-state index contributed by atoms with van der Waals surface area (Å²) in [5, 5.41) is 0. The van der Waals surface area contributed by atoms with Crippen LogP contribution in [0.2, 0.25) is 0 Å². The fourth-order valence-corrected chi connectivity index (χ4v) is 2.34. The van der Waals surface area contributed by atoms with Crippen LogP contribution in [0.4, 0.5) is 0 Å².